The number of carbonyl (C=O) groups excluding carboxylic acids is 1. The highest BCUT2D eigenvalue weighted by Crippen LogP contribution is 2.17. The largest absolute Gasteiger partial charge is 0.481 e. The number of rotatable bonds is 4. The number of carbonyl (C=O) groups is 2. The van der Waals surface area contributed by atoms with Crippen LogP contribution in [0, 0.1) is 5.82 Å². The van der Waals surface area contributed by atoms with Gasteiger partial charge in [0.25, 0.3) is 5.91 Å². The molecule has 2 rings (SSSR count). The first-order chi connectivity index (χ1) is 9.97. The average molecular weight is 315 g/mol. The smallest absolute Gasteiger partial charge is 0.304 e. The third-order valence-corrected chi connectivity index (χ3v) is 3.70. The maximum Gasteiger partial charge on any atom is 0.304 e. The molecule has 0 radical (unpaired) electrons. The van der Waals surface area contributed by atoms with Crippen molar-refractivity contribution in [1.82, 2.24) is 9.80 Å². The highest BCUT2D eigenvalue weighted by molar-refractivity contribution is 6.31. The molecular weight excluding hydrogens is 299 g/mol. The quantitative estimate of drug-likeness (QED) is 0.919. The Hall–Kier alpha value is -1.66. The molecule has 1 N–H and O–H groups in total. The molecule has 0 atom stereocenters. The van der Waals surface area contributed by atoms with Crippen molar-refractivity contribution in [2.45, 2.75) is 6.42 Å². The first kappa shape index (κ1) is 15.7. The van der Waals surface area contributed by atoms with Crippen LogP contribution in [0.15, 0.2) is 18.2 Å². The lowest BCUT2D eigenvalue weighted by Crippen LogP contribution is -2.49. The van der Waals surface area contributed by atoms with Gasteiger partial charge in [-0.2, -0.15) is 0 Å². The minimum absolute atomic E-state index is 0.0264. The van der Waals surface area contributed by atoms with Gasteiger partial charge in [-0.05, 0) is 18.2 Å². The minimum Gasteiger partial charge on any atom is -0.481 e. The van der Waals surface area contributed by atoms with E-state index in [4.69, 9.17) is 16.7 Å². The molecule has 0 aromatic heterocycles. The standard InChI is InChI=1S/C14H16ClFN2O3/c15-10-1-2-12(16)11(9-10)14(21)18-7-5-17(6-8-18)4-3-13(19)20/h1-2,9H,3-8H2,(H,19,20). The first-order valence-corrected chi connectivity index (χ1v) is 7.03. The van der Waals surface area contributed by atoms with Gasteiger partial charge in [0.2, 0.25) is 0 Å². The van der Waals surface area contributed by atoms with E-state index < -0.39 is 11.8 Å². The van der Waals surface area contributed by atoms with E-state index in [1.54, 1.807) is 4.90 Å². The van der Waals surface area contributed by atoms with Crippen LogP contribution >= 0.6 is 11.6 Å². The summed E-state index contributed by atoms with van der Waals surface area (Å²) in [6.45, 7) is 2.53. The van der Waals surface area contributed by atoms with E-state index >= 15 is 0 Å². The van der Waals surface area contributed by atoms with Crippen LogP contribution in [0.4, 0.5) is 4.39 Å². The van der Waals surface area contributed by atoms with Crippen LogP contribution in [0.25, 0.3) is 0 Å². The molecule has 21 heavy (non-hydrogen) atoms. The number of piperazine rings is 1. The van der Waals surface area contributed by atoms with Crippen LogP contribution in [-0.4, -0.2) is 59.5 Å². The van der Waals surface area contributed by atoms with Crippen molar-refractivity contribution in [2.75, 3.05) is 32.7 Å². The topological polar surface area (TPSA) is 60.9 Å². The summed E-state index contributed by atoms with van der Waals surface area (Å²) in [6.07, 6.45) is 0.0802. The molecule has 1 aromatic carbocycles. The number of benzene rings is 1. The lowest BCUT2D eigenvalue weighted by atomic mass is 10.1. The van der Waals surface area contributed by atoms with Gasteiger partial charge in [0.05, 0.1) is 12.0 Å². The second-order valence-electron chi connectivity index (χ2n) is 4.90. The van der Waals surface area contributed by atoms with E-state index in [1.165, 1.54) is 18.2 Å². The van der Waals surface area contributed by atoms with Gasteiger partial charge in [-0.1, -0.05) is 11.6 Å². The minimum atomic E-state index is -0.838. The molecule has 114 valence electrons. The fraction of sp³-hybridized carbons (Fsp3) is 0.429. The van der Waals surface area contributed by atoms with Gasteiger partial charge in [0.1, 0.15) is 5.82 Å². The predicted molar refractivity (Wildman–Crippen MR) is 76.0 cm³/mol. The fourth-order valence-electron chi connectivity index (χ4n) is 2.26. The Balaban J connectivity index is 1.94. The molecule has 7 heteroatoms. The average Bonchev–Trinajstić information content (AvgIpc) is 2.47. The number of carboxylic acid groups (broad SMARTS) is 1. The monoisotopic (exact) mass is 314 g/mol. The Morgan fingerprint density at radius 3 is 2.52 bits per heavy atom. The van der Waals surface area contributed by atoms with Crippen LogP contribution in [0.3, 0.4) is 0 Å². The molecule has 5 nitrogen and oxygen atoms in total. The zero-order valence-electron chi connectivity index (χ0n) is 11.4. The molecule has 1 heterocycles. The van der Waals surface area contributed by atoms with E-state index in [0.29, 0.717) is 37.7 Å². The Labute approximate surface area is 126 Å². The summed E-state index contributed by atoms with van der Waals surface area (Å²) in [5.74, 6) is -1.81. The Morgan fingerprint density at radius 1 is 1.24 bits per heavy atom. The Kier molecular flexibility index (Phi) is 5.14. The molecule has 0 spiro atoms. The van der Waals surface area contributed by atoms with Crippen LogP contribution in [0.1, 0.15) is 16.8 Å². The van der Waals surface area contributed by atoms with Crippen LogP contribution < -0.4 is 0 Å². The molecule has 0 unspecified atom stereocenters. The number of hydrogen-bond acceptors (Lipinski definition) is 3. The number of carboxylic acids is 1. The van der Waals surface area contributed by atoms with Gasteiger partial charge >= 0.3 is 5.97 Å². The maximum atomic E-state index is 13.7. The normalized spacial score (nSPS) is 16.0. The second kappa shape index (κ2) is 6.87. The Bertz CT molecular complexity index is 545. The van der Waals surface area contributed by atoms with Crippen LogP contribution in [0.5, 0.6) is 0 Å². The van der Waals surface area contributed by atoms with Gasteiger partial charge in [-0.15, -0.1) is 0 Å². The third kappa shape index (κ3) is 4.15. The highest BCUT2D eigenvalue weighted by Gasteiger charge is 2.24. The highest BCUT2D eigenvalue weighted by atomic mass is 35.5. The fourth-order valence-corrected chi connectivity index (χ4v) is 2.43. The SMILES string of the molecule is O=C(O)CCN1CCN(C(=O)c2cc(Cl)ccc2F)CC1. The van der Waals surface area contributed by atoms with E-state index in [-0.39, 0.29) is 17.9 Å². The van der Waals surface area contributed by atoms with Crippen molar-refractivity contribution in [3.63, 3.8) is 0 Å². The van der Waals surface area contributed by atoms with E-state index in [1.807, 2.05) is 4.90 Å². The molecule has 0 bridgehead atoms. The van der Waals surface area contributed by atoms with E-state index in [2.05, 4.69) is 0 Å². The summed E-state index contributed by atoms with van der Waals surface area (Å²) in [5, 5.41) is 8.96. The molecule has 1 aliphatic heterocycles. The molecule has 1 amide bonds. The maximum absolute atomic E-state index is 13.7. The van der Waals surface area contributed by atoms with Crippen LogP contribution in [-0.2, 0) is 4.79 Å². The van der Waals surface area contributed by atoms with Crippen LogP contribution in [0.2, 0.25) is 5.02 Å². The van der Waals surface area contributed by atoms with Crippen molar-refractivity contribution in [1.29, 1.82) is 0 Å². The Morgan fingerprint density at radius 2 is 1.90 bits per heavy atom. The molecule has 1 aromatic rings. The van der Waals surface area contributed by atoms with Crippen molar-refractivity contribution in [3.05, 3.63) is 34.6 Å². The summed E-state index contributed by atoms with van der Waals surface area (Å²) in [5.41, 5.74) is -0.0264. The lowest BCUT2D eigenvalue weighted by molar-refractivity contribution is -0.137. The molecule has 0 aliphatic carbocycles. The summed E-state index contributed by atoms with van der Waals surface area (Å²) in [7, 11) is 0. The summed E-state index contributed by atoms with van der Waals surface area (Å²) < 4.78 is 13.7. The first-order valence-electron chi connectivity index (χ1n) is 6.66. The molecule has 1 saturated heterocycles. The summed E-state index contributed by atoms with van der Waals surface area (Å²) in [6, 6.07) is 3.91. The van der Waals surface area contributed by atoms with E-state index in [0.717, 1.165) is 0 Å². The van der Waals surface area contributed by atoms with Crippen molar-refractivity contribution < 1.29 is 19.1 Å². The molecule has 1 aliphatic rings. The van der Waals surface area contributed by atoms with Crippen molar-refractivity contribution >= 4 is 23.5 Å². The number of halogens is 2. The van der Waals surface area contributed by atoms with Crippen molar-refractivity contribution in [2.24, 2.45) is 0 Å². The molecular formula is C14H16ClFN2O3. The van der Waals surface area contributed by atoms with Crippen molar-refractivity contribution in [3.8, 4) is 0 Å². The van der Waals surface area contributed by atoms with Gasteiger partial charge in [0.15, 0.2) is 0 Å². The zero-order valence-corrected chi connectivity index (χ0v) is 12.1. The van der Waals surface area contributed by atoms with E-state index in [9.17, 15) is 14.0 Å². The molecule has 0 saturated carbocycles. The van der Waals surface area contributed by atoms with Gasteiger partial charge < -0.3 is 10.0 Å². The van der Waals surface area contributed by atoms with Gasteiger partial charge in [-0.25, -0.2) is 4.39 Å². The molecule has 1 fully saturated rings. The third-order valence-electron chi connectivity index (χ3n) is 3.46. The second-order valence-corrected chi connectivity index (χ2v) is 5.34. The number of nitrogens with zero attached hydrogens (tertiary/aromatic N) is 2. The number of hydrogen-bond donors (Lipinski definition) is 1. The number of aliphatic carboxylic acids is 1. The predicted octanol–water partition coefficient (Wildman–Crippen LogP) is 1.71. The lowest BCUT2D eigenvalue weighted by Gasteiger charge is -2.34. The van der Waals surface area contributed by atoms with Gasteiger partial charge in [0, 0.05) is 37.7 Å². The van der Waals surface area contributed by atoms with Gasteiger partial charge in [-0.3, -0.25) is 14.5 Å². The summed E-state index contributed by atoms with van der Waals surface area (Å²) in [4.78, 5) is 26.3. The zero-order chi connectivity index (χ0) is 15.4. The summed E-state index contributed by atoms with van der Waals surface area (Å²) >= 11 is 5.79. The number of amides is 1.